The molecule has 1 aromatic heterocycles. The summed E-state index contributed by atoms with van der Waals surface area (Å²) in [4.78, 5) is 8.46. The van der Waals surface area contributed by atoms with Gasteiger partial charge in [-0.25, -0.2) is 9.97 Å². The smallest absolute Gasteiger partial charge is 0.220 e. The number of nitrogens with zero attached hydrogens (tertiary/aromatic N) is 2. The first kappa shape index (κ1) is 8.48. The third kappa shape index (κ3) is 1.50. The van der Waals surface area contributed by atoms with Crippen LogP contribution in [0.4, 0.5) is 5.95 Å². The van der Waals surface area contributed by atoms with Gasteiger partial charge in [0.05, 0.1) is 0 Å². The summed E-state index contributed by atoms with van der Waals surface area (Å²) < 4.78 is 0. The lowest BCUT2D eigenvalue weighted by Crippen LogP contribution is -2.16. The minimum Gasteiger partial charge on any atom is -0.368 e. The first-order valence-electron chi connectivity index (χ1n) is 4.78. The molecule has 0 fully saturated rings. The lowest BCUT2D eigenvalue weighted by molar-refractivity contribution is 0.490. The molecule has 3 heteroatoms. The maximum atomic E-state index is 5.60. The van der Waals surface area contributed by atoms with Crippen LogP contribution >= 0.6 is 0 Å². The molecule has 0 saturated carbocycles. The first-order valence-corrected chi connectivity index (χ1v) is 4.78. The number of anilines is 1. The van der Waals surface area contributed by atoms with Crippen LogP contribution in [0, 0.1) is 12.8 Å². The molecule has 13 heavy (non-hydrogen) atoms. The third-order valence-electron chi connectivity index (χ3n) is 2.74. The molecule has 0 aromatic carbocycles. The lowest BCUT2D eigenvalue weighted by atomic mass is 9.87. The molecule has 70 valence electrons. The molecule has 1 heterocycles. The van der Waals surface area contributed by atoms with Gasteiger partial charge < -0.3 is 5.73 Å². The molecule has 1 aliphatic carbocycles. The fourth-order valence-electron chi connectivity index (χ4n) is 1.98. The van der Waals surface area contributed by atoms with E-state index in [0.29, 0.717) is 5.95 Å². The molecule has 0 aliphatic heterocycles. The fraction of sp³-hybridized carbons (Fsp3) is 0.600. The second-order valence-corrected chi connectivity index (χ2v) is 3.94. The maximum Gasteiger partial charge on any atom is 0.220 e. The molecular weight excluding hydrogens is 162 g/mol. The van der Waals surface area contributed by atoms with Gasteiger partial charge >= 0.3 is 0 Å². The van der Waals surface area contributed by atoms with Crippen LogP contribution in [0.25, 0.3) is 0 Å². The van der Waals surface area contributed by atoms with Crippen molar-refractivity contribution in [1.82, 2.24) is 9.97 Å². The Labute approximate surface area is 78.4 Å². The van der Waals surface area contributed by atoms with Crippen molar-refractivity contribution in [3.05, 3.63) is 17.0 Å². The summed E-state index contributed by atoms with van der Waals surface area (Å²) in [5.74, 6) is 1.18. The highest BCUT2D eigenvalue weighted by Gasteiger charge is 2.18. The second-order valence-electron chi connectivity index (χ2n) is 3.94. The van der Waals surface area contributed by atoms with E-state index < -0.39 is 0 Å². The van der Waals surface area contributed by atoms with Gasteiger partial charge in [-0.3, -0.25) is 0 Å². The van der Waals surface area contributed by atoms with Crippen LogP contribution in [0.15, 0.2) is 0 Å². The molecule has 0 spiro atoms. The van der Waals surface area contributed by atoms with Gasteiger partial charge in [-0.2, -0.15) is 0 Å². The van der Waals surface area contributed by atoms with Gasteiger partial charge in [0.25, 0.3) is 0 Å². The predicted molar refractivity (Wildman–Crippen MR) is 52.4 cm³/mol. The third-order valence-corrected chi connectivity index (χ3v) is 2.74. The minimum absolute atomic E-state index is 0.422. The SMILES string of the molecule is Cc1nc(N)nc2c1CC(C)CC2. The average molecular weight is 177 g/mol. The lowest BCUT2D eigenvalue weighted by Gasteiger charge is -2.21. The van der Waals surface area contributed by atoms with Gasteiger partial charge in [0.15, 0.2) is 0 Å². The van der Waals surface area contributed by atoms with Crippen LogP contribution in [0.5, 0.6) is 0 Å². The van der Waals surface area contributed by atoms with E-state index in [1.54, 1.807) is 0 Å². The second kappa shape index (κ2) is 2.98. The van der Waals surface area contributed by atoms with Crippen LogP contribution in [0.2, 0.25) is 0 Å². The highest BCUT2D eigenvalue weighted by Crippen LogP contribution is 2.25. The van der Waals surface area contributed by atoms with Crippen molar-refractivity contribution in [3.63, 3.8) is 0 Å². The van der Waals surface area contributed by atoms with Crippen LogP contribution in [-0.2, 0) is 12.8 Å². The van der Waals surface area contributed by atoms with Crippen molar-refractivity contribution in [1.29, 1.82) is 0 Å². The number of aromatic nitrogens is 2. The van der Waals surface area contributed by atoms with Gasteiger partial charge in [-0.1, -0.05) is 6.92 Å². The zero-order chi connectivity index (χ0) is 9.42. The summed E-state index contributed by atoms with van der Waals surface area (Å²) in [6.07, 6.45) is 3.40. The zero-order valence-electron chi connectivity index (χ0n) is 8.17. The Morgan fingerprint density at radius 3 is 2.92 bits per heavy atom. The average Bonchev–Trinajstić information content (AvgIpc) is 2.06. The molecule has 1 atom stereocenters. The number of rotatable bonds is 0. The minimum atomic E-state index is 0.422. The summed E-state index contributed by atoms with van der Waals surface area (Å²) in [6.45, 7) is 4.30. The Hall–Kier alpha value is -1.12. The Kier molecular flexibility index (Phi) is 1.94. The molecule has 0 amide bonds. The molecule has 2 rings (SSSR count). The Morgan fingerprint density at radius 1 is 1.38 bits per heavy atom. The topological polar surface area (TPSA) is 51.8 Å². The molecule has 1 unspecified atom stereocenters. The number of fused-ring (bicyclic) bond motifs is 1. The van der Waals surface area contributed by atoms with E-state index in [9.17, 15) is 0 Å². The largest absolute Gasteiger partial charge is 0.368 e. The van der Waals surface area contributed by atoms with Crippen molar-refractivity contribution in [2.24, 2.45) is 5.92 Å². The maximum absolute atomic E-state index is 5.60. The molecular formula is C10H15N3. The molecule has 0 radical (unpaired) electrons. The van der Waals surface area contributed by atoms with Gasteiger partial charge in [0.1, 0.15) is 0 Å². The number of nitrogen functional groups attached to an aromatic ring is 1. The Morgan fingerprint density at radius 2 is 2.15 bits per heavy atom. The molecule has 0 saturated heterocycles. The Bertz CT molecular complexity index is 333. The van der Waals surface area contributed by atoms with E-state index >= 15 is 0 Å². The summed E-state index contributed by atoms with van der Waals surface area (Å²) in [6, 6.07) is 0. The molecule has 1 aromatic rings. The van der Waals surface area contributed by atoms with E-state index in [-0.39, 0.29) is 0 Å². The monoisotopic (exact) mass is 177 g/mol. The van der Waals surface area contributed by atoms with E-state index in [2.05, 4.69) is 16.9 Å². The summed E-state index contributed by atoms with van der Waals surface area (Å²) >= 11 is 0. The van der Waals surface area contributed by atoms with Crippen molar-refractivity contribution in [2.45, 2.75) is 33.1 Å². The highest BCUT2D eigenvalue weighted by atomic mass is 15.0. The van der Waals surface area contributed by atoms with Gasteiger partial charge in [-0.05, 0) is 37.7 Å². The van der Waals surface area contributed by atoms with Gasteiger partial charge in [0.2, 0.25) is 5.95 Å². The van der Waals surface area contributed by atoms with Crippen molar-refractivity contribution in [3.8, 4) is 0 Å². The van der Waals surface area contributed by atoms with Crippen LogP contribution < -0.4 is 5.73 Å². The molecule has 2 N–H and O–H groups in total. The van der Waals surface area contributed by atoms with Gasteiger partial charge in [0, 0.05) is 11.4 Å². The molecule has 0 bridgehead atoms. The van der Waals surface area contributed by atoms with E-state index in [4.69, 9.17) is 5.73 Å². The van der Waals surface area contributed by atoms with Crippen molar-refractivity contribution in [2.75, 3.05) is 5.73 Å². The molecule has 1 aliphatic rings. The number of hydrogen-bond acceptors (Lipinski definition) is 3. The van der Waals surface area contributed by atoms with Crippen molar-refractivity contribution < 1.29 is 0 Å². The fourth-order valence-corrected chi connectivity index (χ4v) is 1.98. The zero-order valence-corrected chi connectivity index (χ0v) is 8.17. The normalized spacial score (nSPS) is 21.2. The number of aryl methyl sites for hydroxylation is 2. The number of hydrogen-bond donors (Lipinski definition) is 1. The highest BCUT2D eigenvalue weighted by molar-refractivity contribution is 5.33. The van der Waals surface area contributed by atoms with E-state index in [1.165, 1.54) is 17.7 Å². The first-order chi connectivity index (χ1) is 6.16. The standard InChI is InChI=1S/C10H15N3/c1-6-3-4-9-8(5-6)7(2)12-10(11)13-9/h6H,3-5H2,1-2H3,(H2,11,12,13). The van der Waals surface area contributed by atoms with Crippen LogP contribution in [0.3, 0.4) is 0 Å². The summed E-state index contributed by atoms with van der Waals surface area (Å²) in [5.41, 5.74) is 9.16. The Balaban J connectivity index is 2.47. The number of nitrogens with two attached hydrogens (primary N) is 1. The van der Waals surface area contributed by atoms with Crippen LogP contribution in [-0.4, -0.2) is 9.97 Å². The van der Waals surface area contributed by atoms with Crippen molar-refractivity contribution >= 4 is 5.95 Å². The summed E-state index contributed by atoms with van der Waals surface area (Å²) in [7, 11) is 0. The van der Waals surface area contributed by atoms with Gasteiger partial charge in [-0.15, -0.1) is 0 Å². The van der Waals surface area contributed by atoms with E-state index in [1.807, 2.05) is 6.92 Å². The molecule has 3 nitrogen and oxygen atoms in total. The van der Waals surface area contributed by atoms with Crippen LogP contribution in [0.1, 0.15) is 30.3 Å². The van der Waals surface area contributed by atoms with E-state index in [0.717, 1.165) is 24.5 Å². The summed E-state index contributed by atoms with van der Waals surface area (Å²) in [5, 5.41) is 0. The predicted octanol–water partition coefficient (Wildman–Crippen LogP) is 1.49. The quantitative estimate of drug-likeness (QED) is 0.653.